The first kappa shape index (κ1) is 11.2. The molecule has 0 aliphatic heterocycles. The van der Waals surface area contributed by atoms with Gasteiger partial charge in [0.2, 0.25) is 0 Å². The minimum absolute atomic E-state index is 0.371. The Morgan fingerprint density at radius 1 is 1.40 bits per heavy atom. The normalized spacial score (nSPS) is 10.2. The van der Waals surface area contributed by atoms with E-state index in [4.69, 9.17) is 4.74 Å². The van der Waals surface area contributed by atoms with Crippen LogP contribution < -0.4 is 0 Å². The summed E-state index contributed by atoms with van der Waals surface area (Å²) >= 11 is 0. The van der Waals surface area contributed by atoms with E-state index in [9.17, 15) is 4.79 Å². The van der Waals surface area contributed by atoms with Gasteiger partial charge in [-0.3, -0.25) is 0 Å². The molecule has 2 heteroatoms. The average molecular weight is 202 g/mol. The average Bonchev–Trinajstić information content (AvgIpc) is 2.29. The molecule has 0 radical (unpaired) electrons. The number of rotatable bonds is 4. The Morgan fingerprint density at radius 2 is 2.07 bits per heavy atom. The molecule has 1 rings (SSSR count). The highest BCUT2D eigenvalue weighted by Crippen LogP contribution is 2.03. The lowest BCUT2D eigenvalue weighted by Gasteiger charge is -1.98. The molecule has 1 aromatic rings. The van der Waals surface area contributed by atoms with Crippen molar-refractivity contribution in [2.45, 2.75) is 13.3 Å². The van der Waals surface area contributed by atoms with Gasteiger partial charge in [-0.2, -0.15) is 0 Å². The molecular formula is C13H14O2. The first-order chi connectivity index (χ1) is 7.24. The predicted molar refractivity (Wildman–Crippen MR) is 61.0 cm³/mol. The monoisotopic (exact) mass is 202 g/mol. The SMILES string of the molecule is C=C(CC)C(=O)OC=Cc1ccccc1. The first-order valence-corrected chi connectivity index (χ1v) is 4.84. The number of esters is 1. The fourth-order valence-electron chi connectivity index (χ4n) is 0.966. The lowest BCUT2D eigenvalue weighted by molar-refractivity contribution is -0.133. The van der Waals surface area contributed by atoms with E-state index in [-0.39, 0.29) is 5.97 Å². The zero-order valence-electron chi connectivity index (χ0n) is 8.77. The highest BCUT2D eigenvalue weighted by molar-refractivity contribution is 5.88. The molecule has 0 aliphatic carbocycles. The van der Waals surface area contributed by atoms with E-state index in [1.807, 2.05) is 37.3 Å². The van der Waals surface area contributed by atoms with Crippen molar-refractivity contribution >= 4 is 12.0 Å². The Balaban J connectivity index is 2.47. The van der Waals surface area contributed by atoms with Gasteiger partial charge < -0.3 is 4.74 Å². The molecule has 0 aromatic heterocycles. The Bertz CT molecular complexity index is 363. The second kappa shape index (κ2) is 5.81. The summed E-state index contributed by atoms with van der Waals surface area (Å²) in [5, 5.41) is 0. The smallest absolute Gasteiger partial charge is 0.338 e. The maximum absolute atomic E-state index is 11.2. The van der Waals surface area contributed by atoms with Crippen molar-refractivity contribution in [1.29, 1.82) is 0 Å². The highest BCUT2D eigenvalue weighted by atomic mass is 16.5. The van der Waals surface area contributed by atoms with Crippen molar-refractivity contribution in [3.63, 3.8) is 0 Å². The van der Waals surface area contributed by atoms with Crippen molar-refractivity contribution in [2.24, 2.45) is 0 Å². The Labute approximate surface area is 89.9 Å². The van der Waals surface area contributed by atoms with Crippen molar-refractivity contribution in [3.8, 4) is 0 Å². The summed E-state index contributed by atoms with van der Waals surface area (Å²) in [7, 11) is 0. The molecule has 0 fully saturated rings. The van der Waals surface area contributed by atoms with Gasteiger partial charge in [0.15, 0.2) is 0 Å². The quantitative estimate of drug-likeness (QED) is 0.426. The topological polar surface area (TPSA) is 26.3 Å². The van der Waals surface area contributed by atoms with Crippen molar-refractivity contribution in [3.05, 3.63) is 54.3 Å². The van der Waals surface area contributed by atoms with Gasteiger partial charge in [0.1, 0.15) is 0 Å². The summed E-state index contributed by atoms with van der Waals surface area (Å²) in [5.41, 5.74) is 1.47. The van der Waals surface area contributed by atoms with E-state index >= 15 is 0 Å². The van der Waals surface area contributed by atoms with E-state index in [1.165, 1.54) is 6.26 Å². The molecule has 0 saturated carbocycles. The first-order valence-electron chi connectivity index (χ1n) is 4.84. The predicted octanol–water partition coefficient (Wildman–Crippen LogP) is 3.17. The summed E-state index contributed by atoms with van der Waals surface area (Å²) in [4.78, 5) is 11.2. The van der Waals surface area contributed by atoms with Crippen LogP contribution in [0.1, 0.15) is 18.9 Å². The van der Waals surface area contributed by atoms with Crippen LogP contribution >= 0.6 is 0 Å². The zero-order chi connectivity index (χ0) is 11.1. The van der Waals surface area contributed by atoms with Crippen LogP contribution in [0.25, 0.3) is 6.08 Å². The molecule has 0 atom stereocenters. The summed E-state index contributed by atoms with van der Waals surface area (Å²) in [6.07, 6.45) is 3.73. The van der Waals surface area contributed by atoms with E-state index in [1.54, 1.807) is 6.08 Å². The van der Waals surface area contributed by atoms with E-state index in [0.29, 0.717) is 12.0 Å². The largest absolute Gasteiger partial charge is 0.431 e. The van der Waals surface area contributed by atoms with Crippen LogP contribution in [-0.2, 0) is 9.53 Å². The molecule has 78 valence electrons. The van der Waals surface area contributed by atoms with Crippen molar-refractivity contribution in [2.75, 3.05) is 0 Å². The summed E-state index contributed by atoms with van der Waals surface area (Å²) in [6.45, 7) is 5.46. The number of carbonyl (C=O) groups is 1. The van der Waals surface area contributed by atoms with E-state index in [0.717, 1.165) is 5.56 Å². The van der Waals surface area contributed by atoms with Crippen molar-refractivity contribution in [1.82, 2.24) is 0 Å². The molecular weight excluding hydrogens is 188 g/mol. The number of hydrogen-bond acceptors (Lipinski definition) is 2. The number of benzene rings is 1. The van der Waals surface area contributed by atoms with Crippen LogP contribution in [0.2, 0.25) is 0 Å². The fraction of sp³-hybridized carbons (Fsp3) is 0.154. The van der Waals surface area contributed by atoms with Crippen LogP contribution in [0.15, 0.2) is 48.7 Å². The molecule has 0 heterocycles. The summed E-state index contributed by atoms with van der Waals surface area (Å²) in [5.74, 6) is -0.371. The lowest BCUT2D eigenvalue weighted by atomic mass is 10.2. The Hall–Kier alpha value is -1.83. The third-order valence-electron chi connectivity index (χ3n) is 1.95. The number of carbonyl (C=O) groups excluding carboxylic acids is 1. The van der Waals surface area contributed by atoms with Gasteiger partial charge in [-0.1, -0.05) is 43.8 Å². The third-order valence-corrected chi connectivity index (χ3v) is 1.95. The van der Waals surface area contributed by atoms with Gasteiger partial charge >= 0.3 is 5.97 Å². The Kier molecular flexibility index (Phi) is 4.35. The Morgan fingerprint density at radius 3 is 2.67 bits per heavy atom. The number of ether oxygens (including phenoxy) is 1. The standard InChI is InChI=1S/C13H14O2/c1-3-11(2)13(14)15-10-9-12-7-5-4-6-8-12/h4-10H,2-3H2,1H3. The van der Waals surface area contributed by atoms with Gasteiger partial charge in [0.25, 0.3) is 0 Å². The minimum atomic E-state index is -0.371. The minimum Gasteiger partial charge on any atom is -0.431 e. The fourth-order valence-corrected chi connectivity index (χ4v) is 0.966. The molecule has 0 bridgehead atoms. The van der Waals surface area contributed by atoms with Gasteiger partial charge in [-0.15, -0.1) is 0 Å². The van der Waals surface area contributed by atoms with Crippen LogP contribution in [0.3, 0.4) is 0 Å². The van der Waals surface area contributed by atoms with E-state index < -0.39 is 0 Å². The van der Waals surface area contributed by atoms with Crippen LogP contribution in [0.5, 0.6) is 0 Å². The van der Waals surface area contributed by atoms with Crippen LogP contribution in [0, 0.1) is 0 Å². The summed E-state index contributed by atoms with van der Waals surface area (Å²) < 4.78 is 4.88. The van der Waals surface area contributed by atoms with Gasteiger partial charge in [-0.25, -0.2) is 4.79 Å². The highest BCUT2D eigenvalue weighted by Gasteiger charge is 2.02. The second-order valence-corrected chi connectivity index (χ2v) is 3.08. The molecule has 0 N–H and O–H groups in total. The lowest BCUT2D eigenvalue weighted by Crippen LogP contribution is -2.01. The second-order valence-electron chi connectivity index (χ2n) is 3.08. The van der Waals surface area contributed by atoms with Crippen LogP contribution in [0.4, 0.5) is 0 Å². The molecule has 0 unspecified atom stereocenters. The zero-order valence-corrected chi connectivity index (χ0v) is 8.77. The van der Waals surface area contributed by atoms with Gasteiger partial charge in [0.05, 0.1) is 6.26 Å². The molecule has 1 aromatic carbocycles. The molecule has 0 aliphatic rings. The van der Waals surface area contributed by atoms with Gasteiger partial charge in [0, 0.05) is 5.57 Å². The van der Waals surface area contributed by atoms with Gasteiger partial charge in [-0.05, 0) is 18.1 Å². The van der Waals surface area contributed by atoms with Crippen LogP contribution in [-0.4, -0.2) is 5.97 Å². The maximum atomic E-state index is 11.2. The van der Waals surface area contributed by atoms with E-state index in [2.05, 4.69) is 6.58 Å². The maximum Gasteiger partial charge on any atom is 0.338 e. The van der Waals surface area contributed by atoms with Crippen molar-refractivity contribution < 1.29 is 9.53 Å². The third kappa shape index (κ3) is 3.81. The molecule has 0 spiro atoms. The molecule has 0 saturated heterocycles. The molecule has 0 amide bonds. The number of hydrogen-bond donors (Lipinski definition) is 0. The summed E-state index contributed by atoms with van der Waals surface area (Å²) in [6, 6.07) is 9.64. The molecule has 15 heavy (non-hydrogen) atoms. The molecule has 2 nitrogen and oxygen atoms in total.